The van der Waals surface area contributed by atoms with E-state index in [4.69, 9.17) is 0 Å². The molecule has 0 radical (unpaired) electrons. The summed E-state index contributed by atoms with van der Waals surface area (Å²) < 4.78 is 17.4. The molecule has 0 amide bonds. The number of benzene rings is 1. The Labute approximate surface area is 99.5 Å². The first-order valence-corrected chi connectivity index (χ1v) is 5.33. The molecule has 0 bridgehead atoms. The van der Waals surface area contributed by atoms with E-state index in [1.165, 1.54) is 12.1 Å². The van der Waals surface area contributed by atoms with Crippen LogP contribution in [0.25, 0.3) is 5.57 Å². The maximum atomic E-state index is 12.7. The maximum absolute atomic E-state index is 12.7. The average Bonchev–Trinajstić information content (AvgIpc) is 2.30. The van der Waals surface area contributed by atoms with Gasteiger partial charge in [0.15, 0.2) is 6.10 Å². The Balaban J connectivity index is 2.60. The van der Waals surface area contributed by atoms with Crippen molar-refractivity contribution < 1.29 is 19.0 Å². The highest BCUT2D eigenvalue weighted by atomic mass is 19.1. The Morgan fingerprint density at radius 2 is 2.06 bits per heavy atom. The molecule has 0 aliphatic heterocycles. The monoisotopic (exact) mass is 238 g/mol. The predicted octanol–water partition coefficient (Wildman–Crippen LogP) is 2.15. The average molecular weight is 238 g/mol. The molecule has 92 valence electrons. The van der Waals surface area contributed by atoms with Gasteiger partial charge in [0.05, 0.1) is 6.61 Å². The largest absolute Gasteiger partial charge is 0.464 e. The lowest BCUT2D eigenvalue weighted by atomic mass is 10.0. The van der Waals surface area contributed by atoms with Gasteiger partial charge in [-0.25, -0.2) is 9.18 Å². The minimum atomic E-state index is -1.23. The summed E-state index contributed by atoms with van der Waals surface area (Å²) in [7, 11) is 0. The van der Waals surface area contributed by atoms with Gasteiger partial charge in [0.2, 0.25) is 0 Å². The molecule has 0 unspecified atom stereocenters. The van der Waals surface area contributed by atoms with Gasteiger partial charge in [-0.15, -0.1) is 0 Å². The Hall–Kier alpha value is -1.68. The Bertz CT molecular complexity index is 398. The zero-order chi connectivity index (χ0) is 12.8. The van der Waals surface area contributed by atoms with Crippen molar-refractivity contribution >= 4 is 11.5 Å². The van der Waals surface area contributed by atoms with Gasteiger partial charge in [-0.05, 0) is 30.2 Å². The first kappa shape index (κ1) is 13.4. The third-order valence-corrected chi connectivity index (χ3v) is 2.25. The zero-order valence-corrected chi connectivity index (χ0v) is 9.65. The van der Waals surface area contributed by atoms with Crippen LogP contribution in [0, 0.1) is 5.82 Å². The van der Waals surface area contributed by atoms with Crippen molar-refractivity contribution in [2.75, 3.05) is 6.61 Å². The highest BCUT2D eigenvalue weighted by Gasteiger charge is 2.17. The molecule has 1 aromatic carbocycles. The number of halogens is 1. The topological polar surface area (TPSA) is 46.5 Å². The standard InChI is InChI=1S/C13H15FO3/c1-3-17-13(16)12(15)8-9(2)10-4-6-11(14)7-5-10/h4-7,12,15H,2-3,8H2,1H3/t12-/m0/s1. The van der Waals surface area contributed by atoms with E-state index < -0.39 is 12.1 Å². The Kier molecular flexibility index (Phi) is 4.84. The lowest BCUT2D eigenvalue weighted by molar-refractivity contribution is -0.152. The second-order valence-electron chi connectivity index (χ2n) is 3.58. The molecular weight excluding hydrogens is 223 g/mol. The smallest absolute Gasteiger partial charge is 0.335 e. The number of hydrogen-bond acceptors (Lipinski definition) is 3. The van der Waals surface area contributed by atoms with Crippen LogP contribution in [0.2, 0.25) is 0 Å². The van der Waals surface area contributed by atoms with Crippen LogP contribution in [-0.4, -0.2) is 23.8 Å². The summed E-state index contributed by atoms with van der Waals surface area (Å²) in [6, 6.07) is 5.71. The van der Waals surface area contributed by atoms with E-state index in [1.54, 1.807) is 19.1 Å². The summed E-state index contributed by atoms with van der Waals surface area (Å²) in [5, 5.41) is 9.53. The number of rotatable bonds is 5. The highest BCUT2D eigenvalue weighted by molar-refractivity contribution is 5.78. The molecule has 17 heavy (non-hydrogen) atoms. The minimum absolute atomic E-state index is 0.0739. The van der Waals surface area contributed by atoms with Gasteiger partial charge in [-0.3, -0.25) is 0 Å². The fraction of sp³-hybridized carbons (Fsp3) is 0.308. The van der Waals surface area contributed by atoms with Crippen LogP contribution < -0.4 is 0 Å². The van der Waals surface area contributed by atoms with Gasteiger partial charge in [0.1, 0.15) is 5.82 Å². The third kappa shape index (κ3) is 4.00. The van der Waals surface area contributed by atoms with E-state index in [1.807, 2.05) is 0 Å². The van der Waals surface area contributed by atoms with Gasteiger partial charge in [0, 0.05) is 6.42 Å². The highest BCUT2D eigenvalue weighted by Crippen LogP contribution is 2.18. The maximum Gasteiger partial charge on any atom is 0.335 e. The van der Waals surface area contributed by atoms with Crippen LogP contribution in [0.1, 0.15) is 18.9 Å². The molecule has 0 saturated heterocycles. The second kappa shape index (κ2) is 6.15. The van der Waals surface area contributed by atoms with Gasteiger partial charge < -0.3 is 9.84 Å². The van der Waals surface area contributed by atoms with E-state index >= 15 is 0 Å². The third-order valence-electron chi connectivity index (χ3n) is 2.25. The molecule has 0 aliphatic rings. The fourth-order valence-corrected chi connectivity index (χ4v) is 1.36. The van der Waals surface area contributed by atoms with Crippen LogP contribution >= 0.6 is 0 Å². The molecule has 1 aromatic rings. The number of aliphatic hydroxyl groups excluding tert-OH is 1. The summed E-state index contributed by atoms with van der Waals surface area (Å²) in [6.07, 6.45) is -1.16. The van der Waals surface area contributed by atoms with Gasteiger partial charge >= 0.3 is 5.97 Å². The minimum Gasteiger partial charge on any atom is -0.464 e. The molecular formula is C13H15FO3. The van der Waals surface area contributed by atoms with E-state index in [0.717, 1.165) is 0 Å². The summed E-state index contributed by atoms with van der Waals surface area (Å²) in [5.41, 5.74) is 1.25. The van der Waals surface area contributed by atoms with Crippen LogP contribution in [0.15, 0.2) is 30.8 Å². The van der Waals surface area contributed by atoms with Crippen LogP contribution in [0.4, 0.5) is 4.39 Å². The van der Waals surface area contributed by atoms with Crippen LogP contribution in [0.5, 0.6) is 0 Å². The lowest BCUT2D eigenvalue weighted by Gasteiger charge is -2.11. The number of carbonyl (C=O) groups excluding carboxylic acids is 1. The molecule has 0 spiro atoms. The second-order valence-corrected chi connectivity index (χ2v) is 3.58. The van der Waals surface area contributed by atoms with Crippen molar-refractivity contribution in [3.8, 4) is 0 Å². The summed E-state index contributed by atoms with van der Waals surface area (Å²) in [5.74, 6) is -1.01. The summed E-state index contributed by atoms with van der Waals surface area (Å²) in [4.78, 5) is 11.2. The van der Waals surface area contributed by atoms with E-state index in [2.05, 4.69) is 11.3 Å². The van der Waals surface area contributed by atoms with E-state index in [9.17, 15) is 14.3 Å². The SMILES string of the molecule is C=C(C[C@H](O)C(=O)OCC)c1ccc(F)cc1. The summed E-state index contributed by atoms with van der Waals surface area (Å²) >= 11 is 0. The quantitative estimate of drug-likeness (QED) is 0.799. The van der Waals surface area contributed by atoms with Crippen LogP contribution in [-0.2, 0) is 9.53 Å². The Morgan fingerprint density at radius 3 is 2.59 bits per heavy atom. The van der Waals surface area contributed by atoms with Crippen molar-refractivity contribution in [1.29, 1.82) is 0 Å². The van der Waals surface area contributed by atoms with Crippen molar-refractivity contribution in [3.05, 3.63) is 42.2 Å². The fourth-order valence-electron chi connectivity index (χ4n) is 1.36. The number of ether oxygens (including phenoxy) is 1. The number of carbonyl (C=O) groups is 1. The van der Waals surface area contributed by atoms with Crippen molar-refractivity contribution in [2.24, 2.45) is 0 Å². The molecule has 1 N–H and O–H groups in total. The molecule has 0 heterocycles. The van der Waals surface area contributed by atoms with Crippen molar-refractivity contribution in [1.82, 2.24) is 0 Å². The van der Waals surface area contributed by atoms with Crippen molar-refractivity contribution in [2.45, 2.75) is 19.4 Å². The number of esters is 1. The zero-order valence-electron chi connectivity index (χ0n) is 9.65. The molecule has 1 atom stereocenters. The molecule has 1 rings (SSSR count). The van der Waals surface area contributed by atoms with Gasteiger partial charge in [-0.2, -0.15) is 0 Å². The molecule has 0 fully saturated rings. The molecule has 0 aromatic heterocycles. The molecule has 0 aliphatic carbocycles. The number of hydrogen-bond donors (Lipinski definition) is 1. The van der Waals surface area contributed by atoms with Crippen LogP contribution in [0.3, 0.4) is 0 Å². The van der Waals surface area contributed by atoms with E-state index in [0.29, 0.717) is 11.1 Å². The molecule has 3 nitrogen and oxygen atoms in total. The number of aliphatic hydroxyl groups is 1. The molecule has 4 heteroatoms. The van der Waals surface area contributed by atoms with Crippen molar-refractivity contribution in [3.63, 3.8) is 0 Å². The predicted molar refractivity (Wildman–Crippen MR) is 62.7 cm³/mol. The normalized spacial score (nSPS) is 11.9. The van der Waals surface area contributed by atoms with E-state index in [-0.39, 0.29) is 18.8 Å². The lowest BCUT2D eigenvalue weighted by Crippen LogP contribution is -2.23. The first-order valence-electron chi connectivity index (χ1n) is 5.33. The molecule has 0 saturated carbocycles. The van der Waals surface area contributed by atoms with Gasteiger partial charge in [0.25, 0.3) is 0 Å². The van der Waals surface area contributed by atoms with Gasteiger partial charge in [-0.1, -0.05) is 18.7 Å². The Morgan fingerprint density at radius 1 is 1.47 bits per heavy atom. The first-order chi connectivity index (χ1) is 8.04. The summed E-state index contributed by atoms with van der Waals surface area (Å²) in [6.45, 7) is 5.63.